The van der Waals surface area contributed by atoms with Crippen LogP contribution in [0.3, 0.4) is 0 Å². The van der Waals surface area contributed by atoms with Crippen molar-refractivity contribution < 1.29 is 0 Å². The van der Waals surface area contributed by atoms with Crippen molar-refractivity contribution in [3.63, 3.8) is 0 Å². The Morgan fingerprint density at radius 2 is 1.89 bits per heavy atom. The molecule has 1 aromatic heterocycles. The second-order valence-corrected chi connectivity index (χ2v) is 6.73. The molecule has 0 bridgehead atoms. The van der Waals surface area contributed by atoms with Crippen molar-refractivity contribution in [3.8, 4) is 0 Å². The fourth-order valence-corrected chi connectivity index (χ4v) is 3.65. The molecule has 2 unspecified atom stereocenters. The van der Waals surface area contributed by atoms with E-state index in [2.05, 4.69) is 45.7 Å². The van der Waals surface area contributed by atoms with Crippen LogP contribution in [0.2, 0.25) is 0 Å². The predicted octanol–water partition coefficient (Wildman–Crippen LogP) is 3.60. The van der Waals surface area contributed by atoms with E-state index < -0.39 is 0 Å². The van der Waals surface area contributed by atoms with E-state index in [4.69, 9.17) is 4.98 Å². The van der Waals surface area contributed by atoms with Crippen LogP contribution in [0.1, 0.15) is 44.9 Å². The SMILES string of the molecule is CC(C)c1nc(Br)cc(N2CC3CCCC3C2)n1. The van der Waals surface area contributed by atoms with Crippen molar-refractivity contribution in [3.05, 3.63) is 16.5 Å². The Morgan fingerprint density at radius 3 is 2.50 bits per heavy atom. The third-order valence-electron chi connectivity index (χ3n) is 4.27. The third kappa shape index (κ3) is 2.27. The summed E-state index contributed by atoms with van der Waals surface area (Å²) in [7, 11) is 0. The van der Waals surface area contributed by atoms with Gasteiger partial charge in [0.15, 0.2) is 0 Å². The van der Waals surface area contributed by atoms with E-state index >= 15 is 0 Å². The molecule has 18 heavy (non-hydrogen) atoms. The van der Waals surface area contributed by atoms with Gasteiger partial charge in [-0.25, -0.2) is 9.97 Å². The van der Waals surface area contributed by atoms with Crippen LogP contribution in [0, 0.1) is 11.8 Å². The van der Waals surface area contributed by atoms with Gasteiger partial charge in [0.2, 0.25) is 0 Å². The number of anilines is 1. The Labute approximate surface area is 117 Å². The number of hydrogen-bond donors (Lipinski definition) is 0. The van der Waals surface area contributed by atoms with Gasteiger partial charge in [-0.1, -0.05) is 20.3 Å². The lowest BCUT2D eigenvalue weighted by Crippen LogP contribution is -2.22. The molecule has 98 valence electrons. The van der Waals surface area contributed by atoms with Crippen molar-refractivity contribution in [1.82, 2.24) is 9.97 Å². The molecule has 1 aromatic rings. The van der Waals surface area contributed by atoms with Gasteiger partial charge < -0.3 is 4.90 Å². The lowest BCUT2D eigenvalue weighted by Gasteiger charge is -2.19. The average Bonchev–Trinajstić information content (AvgIpc) is 2.87. The minimum absolute atomic E-state index is 0.378. The molecule has 0 spiro atoms. The fraction of sp³-hybridized carbons (Fsp3) is 0.714. The van der Waals surface area contributed by atoms with Gasteiger partial charge in [-0.15, -0.1) is 0 Å². The maximum absolute atomic E-state index is 4.73. The summed E-state index contributed by atoms with van der Waals surface area (Å²) in [6.07, 6.45) is 4.24. The second kappa shape index (κ2) is 4.80. The summed E-state index contributed by atoms with van der Waals surface area (Å²) >= 11 is 3.51. The highest BCUT2D eigenvalue weighted by Crippen LogP contribution is 2.39. The summed E-state index contributed by atoms with van der Waals surface area (Å²) < 4.78 is 0.910. The zero-order valence-corrected chi connectivity index (χ0v) is 12.7. The number of rotatable bonds is 2. The van der Waals surface area contributed by atoms with Crippen molar-refractivity contribution in [2.45, 2.75) is 39.0 Å². The van der Waals surface area contributed by atoms with E-state index in [1.807, 2.05) is 0 Å². The first-order valence-electron chi connectivity index (χ1n) is 6.93. The molecule has 0 amide bonds. The minimum Gasteiger partial charge on any atom is -0.356 e. The van der Waals surface area contributed by atoms with Gasteiger partial charge in [-0.2, -0.15) is 0 Å². The Bertz CT molecular complexity index is 435. The van der Waals surface area contributed by atoms with Gasteiger partial charge in [0.1, 0.15) is 16.2 Å². The van der Waals surface area contributed by atoms with Crippen LogP contribution in [0.5, 0.6) is 0 Å². The monoisotopic (exact) mass is 309 g/mol. The summed E-state index contributed by atoms with van der Waals surface area (Å²) in [6.45, 7) is 6.66. The quantitative estimate of drug-likeness (QED) is 0.782. The first kappa shape index (κ1) is 12.4. The molecule has 2 aliphatic rings. The van der Waals surface area contributed by atoms with Crippen molar-refractivity contribution in [2.24, 2.45) is 11.8 Å². The summed E-state index contributed by atoms with van der Waals surface area (Å²) in [6, 6.07) is 2.06. The summed E-state index contributed by atoms with van der Waals surface area (Å²) in [4.78, 5) is 11.6. The van der Waals surface area contributed by atoms with Crippen LogP contribution < -0.4 is 4.90 Å². The molecular formula is C14H20BrN3. The molecule has 3 nitrogen and oxygen atoms in total. The molecule has 1 aliphatic carbocycles. The number of fused-ring (bicyclic) bond motifs is 1. The molecule has 4 heteroatoms. The highest BCUT2D eigenvalue weighted by Gasteiger charge is 2.36. The van der Waals surface area contributed by atoms with Gasteiger partial charge in [-0.05, 0) is 40.6 Å². The number of hydrogen-bond acceptors (Lipinski definition) is 3. The molecular weight excluding hydrogens is 290 g/mol. The van der Waals surface area contributed by atoms with Gasteiger partial charge in [-0.3, -0.25) is 0 Å². The van der Waals surface area contributed by atoms with Gasteiger partial charge in [0.05, 0.1) is 0 Å². The van der Waals surface area contributed by atoms with E-state index in [0.29, 0.717) is 5.92 Å². The van der Waals surface area contributed by atoms with Crippen molar-refractivity contribution in [1.29, 1.82) is 0 Å². The van der Waals surface area contributed by atoms with Gasteiger partial charge >= 0.3 is 0 Å². The fourth-order valence-electron chi connectivity index (χ4n) is 3.27. The Hall–Kier alpha value is -0.640. The lowest BCUT2D eigenvalue weighted by molar-refractivity contribution is 0.494. The maximum Gasteiger partial charge on any atom is 0.134 e. The topological polar surface area (TPSA) is 29.0 Å². The van der Waals surface area contributed by atoms with Crippen LogP contribution in [-0.4, -0.2) is 23.1 Å². The second-order valence-electron chi connectivity index (χ2n) is 5.92. The Kier molecular flexibility index (Phi) is 3.31. The maximum atomic E-state index is 4.73. The standard InChI is InChI=1S/C14H20BrN3/c1-9(2)14-16-12(15)6-13(17-14)18-7-10-4-3-5-11(10)8-18/h6,9-11H,3-5,7-8H2,1-2H3. The summed E-state index contributed by atoms with van der Waals surface area (Å²) in [5, 5.41) is 0. The van der Waals surface area contributed by atoms with E-state index in [-0.39, 0.29) is 0 Å². The molecule has 0 N–H and O–H groups in total. The third-order valence-corrected chi connectivity index (χ3v) is 4.67. The molecule has 1 aliphatic heterocycles. The van der Waals surface area contributed by atoms with Crippen LogP contribution in [0.4, 0.5) is 5.82 Å². The molecule has 0 radical (unpaired) electrons. The predicted molar refractivity (Wildman–Crippen MR) is 76.9 cm³/mol. The molecule has 0 aromatic carbocycles. The van der Waals surface area contributed by atoms with Gasteiger partial charge in [0.25, 0.3) is 0 Å². The van der Waals surface area contributed by atoms with E-state index in [0.717, 1.165) is 28.1 Å². The first-order valence-corrected chi connectivity index (χ1v) is 7.72. The zero-order chi connectivity index (χ0) is 12.7. The molecule has 2 heterocycles. The lowest BCUT2D eigenvalue weighted by atomic mass is 10.0. The van der Waals surface area contributed by atoms with Crippen LogP contribution >= 0.6 is 15.9 Å². The molecule has 2 fully saturated rings. The minimum atomic E-state index is 0.378. The van der Waals surface area contributed by atoms with E-state index in [9.17, 15) is 0 Å². The van der Waals surface area contributed by atoms with Crippen LogP contribution in [0.25, 0.3) is 0 Å². The largest absolute Gasteiger partial charge is 0.356 e. The zero-order valence-electron chi connectivity index (χ0n) is 11.1. The molecule has 1 saturated carbocycles. The highest BCUT2D eigenvalue weighted by molar-refractivity contribution is 9.10. The average molecular weight is 310 g/mol. The number of aromatic nitrogens is 2. The normalized spacial score (nSPS) is 27.0. The molecule has 1 saturated heterocycles. The number of nitrogens with zero attached hydrogens (tertiary/aromatic N) is 3. The van der Waals surface area contributed by atoms with Crippen molar-refractivity contribution >= 4 is 21.7 Å². The van der Waals surface area contributed by atoms with E-state index in [1.165, 1.54) is 32.4 Å². The van der Waals surface area contributed by atoms with Crippen molar-refractivity contribution in [2.75, 3.05) is 18.0 Å². The summed E-state index contributed by atoms with van der Waals surface area (Å²) in [5.41, 5.74) is 0. The smallest absolute Gasteiger partial charge is 0.134 e. The summed E-state index contributed by atoms with van der Waals surface area (Å²) in [5.74, 6) is 4.23. The molecule has 3 rings (SSSR count). The Morgan fingerprint density at radius 1 is 1.22 bits per heavy atom. The molecule has 2 atom stereocenters. The van der Waals surface area contributed by atoms with Crippen LogP contribution in [0.15, 0.2) is 10.7 Å². The Balaban J connectivity index is 1.84. The first-order chi connectivity index (χ1) is 8.63. The highest BCUT2D eigenvalue weighted by atomic mass is 79.9. The number of halogens is 1. The van der Waals surface area contributed by atoms with Gasteiger partial charge in [0, 0.05) is 25.1 Å². The van der Waals surface area contributed by atoms with Crippen LogP contribution in [-0.2, 0) is 0 Å². The van der Waals surface area contributed by atoms with E-state index in [1.54, 1.807) is 0 Å².